The minimum Gasteiger partial charge on any atom is -0.354 e. The molecule has 0 saturated heterocycles. The van der Waals surface area contributed by atoms with Gasteiger partial charge in [0.05, 0.1) is 5.69 Å². The van der Waals surface area contributed by atoms with E-state index in [2.05, 4.69) is 17.3 Å². The minimum atomic E-state index is -0.170. The van der Waals surface area contributed by atoms with Crippen LogP contribution in [0.5, 0.6) is 0 Å². The number of hydrogen-bond donors (Lipinski definition) is 1. The molecule has 5 heteroatoms. The first-order valence-corrected chi connectivity index (χ1v) is 7.57. The molecule has 0 fully saturated rings. The molecule has 0 unspecified atom stereocenters. The minimum absolute atomic E-state index is 0.0236. The average Bonchev–Trinajstić information content (AvgIpc) is 2.64. The van der Waals surface area contributed by atoms with Crippen LogP contribution >= 0.6 is 0 Å². The van der Waals surface area contributed by atoms with E-state index in [4.69, 9.17) is 0 Å². The van der Waals surface area contributed by atoms with Crippen LogP contribution in [0.1, 0.15) is 50.3 Å². The van der Waals surface area contributed by atoms with Crippen molar-refractivity contribution >= 4 is 5.91 Å². The molecule has 1 N–H and O–H groups in total. The summed E-state index contributed by atoms with van der Waals surface area (Å²) in [5, 5.41) is 7.20. The Morgan fingerprint density at radius 3 is 2.95 bits per heavy atom. The topological polar surface area (TPSA) is 64.0 Å². The Morgan fingerprint density at radius 1 is 1.35 bits per heavy atom. The van der Waals surface area contributed by atoms with Crippen molar-refractivity contribution in [2.24, 2.45) is 0 Å². The average molecular weight is 277 g/mol. The molecule has 5 nitrogen and oxygen atoms in total. The predicted octanol–water partition coefficient (Wildman–Crippen LogP) is 1.43. The van der Waals surface area contributed by atoms with Gasteiger partial charge in [-0.3, -0.25) is 9.59 Å². The quantitative estimate of drug-likeness (QED) is 0.654. The third-order valence-electron chi connectivity index (χ3n) is 3.67. The number of nitrogens with one attached hydrogen (secondary N) is 1. The smallest absolute Gasteiger partial charge is 0.267 e. The number of carbonyl (C=O) groups is 1. The van der Waals surface area contributed by atoms with Crippen LogP contribution in [0, 0.1) is 0 Å². The third kappa shape index (κ3) is 3.92. The lowest BCUT2D eigenvalue weighted by atomic mass is 10.1. The van der Waals surface area contributed by atoms with Gasteiger partial charge in [-0.2, -0.15) is 5.10 Å². The molecule has 0 aliphatic heterocycles. The monoisotopic (exact) mass is 277 g/mol. The first kappa shape index (κ1) is 14.8. The lowest BCUT2D eigenvalue weighted by molar-refractivity contribution is -0.121. The van der Waals surface area contributed by atoms with Crippen LogP contribution in [0.4, 0.5) is 0 Å². The number of hydrogen-bond acceptors (Lipinski definition) is 3. The van der Waals surface area contributed by atoms with E-state index in [1.54, 1.807) is 6.07 Å². The van der Waals surface area contributed by atoms with Crippen molar-refractivity contribution < 1.29 is 4.79 Å². The van der Waals surface area contributed by atoms with E-state index in [0.717, 1.165) is 49.8 Å². The summed E-state index contributed by atoms with van der Waals surface area (Å²) in [7, 11) is 0. The molecular weight excluding hydrogens is 254 g/mol. The Kier molecular flexibility index (Phi) is 5.32. The predicted molar refractivity (Wildman–Crippen MR) is 77.7 cm³/mol. The maximum atomic E-state index is 12.0. The van der Waals surface area contributed by atoms with Gasteiger partial charge in [0.1, 0.15) is 6.54 Å². The van der Waals surface area contributed by atoms with Gasteiger partial charge >= 0.3 is 0 Å². The number of carbonyl (C=O) groups excluding carboxylic acids is 1. The zero-order chi connectivity index (χ0) is 14.4. The Labute approximate surface area is 119 Å². The lowest BCUT2D eigenvalue weighted by Crippen LogP contribution is -2.34. The number of rotatable bonds is 5. The molecule has 1 aliphatic carbocycles. The lowest BCUT2D eigenvalue weighted by Gasteiger charge is -2.10. The van der Waals surface area contributed by atoms with Crippen LogP contribution in [0.3, 0.4) is 0 Å². The van der Waals surface area contributed by atoms with Crippen LogP contribution in [-0.2, 0) is 24.2 Å². The van der Waals surface area contributed by atoms with Crippen molar-refractivity contribution in [2.45, 2.75) is 58.4 Å². The summed E-state index contributed by atoms with van der Waals surface area (Å²) >= 11 is 0. The van der Waals surface area contributed by atoms with Gasteiger partial charge in [0.2, 0.25) is 5.91 Å². The Bertz CT molecular complexity index is 522. The van der Waals surface area contributed by atoms with Crippen molar-refractivity contribution in [3.8, 4) is 0 Å². The van der Waals surface area contributed by atoms with Gasteiger partial charge in [0.15, 0.2) is 0 Å². The first-order chi connectivity index (χ1) is 9.70. The Hall–Kier alpha value is -1.65. The maximum absolute atomic E-state index is 12.0. The highest BCUT2D eigenvalue weighted by molar-refractivity contribution is 5.75. The van der Waals surface area contributed by atoms with Crippen LogP contribution in [0.2, 0.25) is 0 Å². The summed E-state index contributed by atoms with van der Waals surface area (Å²) in [6.07, 6.45) is 7.25. The van der Waals surface area contributed by atoms with E-state index in [0.29, 0.717) is 6.54 Å². The van der Waals surface area contributed by atoms with Crippen LogP contribution in [0.15, 0.2) is 10.9 Å². The molecule has 2 rings (SSSR count). The van der Waals surface area contributed by atoms with Crippen molar-refractivity contribution in [3.05, 3.63) is 27.7 Å². The van der Waals surface area contributed by atoms with Gasteiger partial charge < -0.3 is 5.32 Å². The molecule has 0 bridgehead atoms. The summed E-state index contributed by atoms with van der Waals surface area (Å²) < 4.78 is 1.30. The maximum Gasteiger partial charge on any atom is 0.267 e. The Morgan fingerprint density at radius 2 is 2.15 bits per heavy atom. The van der Waals surface area contributed by atoms with E-state index in [1.807, 2.05) is 0 Å². The number of amides is 1. The molecule has 0 aromatic carbocycles. The highest BCUT2D eigenvalue weighted by Gasteiger charge is 2.13. The number of aryl methyl sites for hydroxylation is 2. The highest BCUT2D eigenvalue weighted by Crippen LogP contribution is 2.16. The van der Waals surface area contributed by atoms with Gasteiger partial charge in [-0.1, -0.05) is 19.8 Å². The summed E-state index contributed by atoms with van der Waals surface area (Å²) in [6, 6.07) is 1.66. The van der Waals surface area contributed by atoms with E-state index in [1.165, 1.54) is 11.1 Å². The number of nitrogens with zero attached hydrogens (tertiary/aromatic N) is 2. The van der Waals surface area contributed by atoms with Gasteiger partial charge in [0, 0.05) is 12.6 Å². The molecule has 0 saturated carbocycles. The second-order valence-electron chi connectivity index (χ2n) is 5.38. The SMILES string of the molecule is CCCCNC(=O)Cn1nc2c(cc1=O)CCCCC2. The number of aromatic nitrogens is 2. The molecule has 0 radical (unpaired) electrons. The summed E-state index contributed by atoms with van der Waals surface area (Å²) in [5.74, 6) is -0.137. The van der Waals surface area contributed by atoms with Crippen molar-refractivity contribution in [3.63, 3.8) is 0 Å². The van der Waals surface area contributed by atoms with Crippen LogP contribution < -0.4 is 10.9 Å². The van der Waals surface area contributed by atoms with Gasteiger partial charge in [-0.15, -0.1) is 0 Å². The Balaban J connectivity index is 2.06. The normalized spacial score (nSPS) is 14.4. The third-order valence-corrected chi connectivity index (χ3v) is 3.67. The summed E-state index contributed by atoms with van der Waals surface area (Å²) in [5.41, 5.74) is 1.88. The largest absolute Gasteiger partial charge is 0.354 e. The zero-order valence-electron chi connectivity index (χ0n) is 12.2. The summed E-state index contributed by atoms with van der Waals surface area (Å²) in [6.45, 7) is 2.76. The highest BCUT2D eigenvalue weighted by atomic mass is 16.2. The molecule has 20 heavy (non-hydrogen) atoms. The van der Waals surface area contributed by atoms with Crippen molar-refractivity contribution in [2.75, 3.05) is 6.54 Å². The second-order valence-corrected chi connectivity index (χ2v) is 5.38. The van der Waals surface area contributed by atoms with Crippen molar-refractivity contribution in [1.29, 1.82) is 0 Å². The molecule has 1 aliphatic rings. The van der Waals surface area contributed by atoms with E-state index in [-0.39, 0.29) is 18.0 Å². The standard InChI is InChI=1S/C15H23N3O2/c1-2-3-9-16-14(19)11-18-15(20)10-12-7-5-4-6-8-13(12)17-18/h10H,2-9,11H2,1H3,(H,16,19). The fraction of sp³-hybridized carbons (Fsp3) is 0.667. The number of fused-ring (bicyclic) bond motifs is 1. The molecule has 1 amide bonds. The van der Waals surface area contributed by atoms with Crippen LogP contribution in [0.25, 0.3) is 0 Å². The van der Waals surface area contributed by atoms with Gasteiger partial charge in [-0.25, -0.2) is 4.68 Å². The van der Waals surface area contributed by atoms with E-state index in [9.17, 15) is 9.59 Å². The van der Waals surface area contributed by atoms with Gasteiger partial charge in [0.25, 0.3) is 5.56 Å². The molecule has 1 heterocycles. The van der Waals surface area contributed by atoms with Gasteiger partial charge in [-0.05, 0) is 37.7 Å². The fourth-order valence-corrected chi connectivity index (χ4v) is 2.49. The summed E-state index contributed by atoms with van der Waals surface area (Å²) in [4.78, 5) is 23.8. The molecule has 1 aromatic heterocycles. The molecule has 110 valence electrons. The second kappa shape index (κ2) is 7.22. The zero-order valence-corrected chi connectivity index (χ0v) is 12.2. The van der Waals surface area contributed by atoms with Crippen molar-refractivity contribution in [1.82, 2.24) is 15.1 Å². The number of unbranched alkanes of at least 4 members (excludes halogenated alkanes) is 1. The molecule has 0 atom stereocenters. The fourth-order valence-electron chi connectivity index (χ4n) is 2.49. The first-order valence-electron chi connectivity index (χ1n) is 7.57. The van der Waals surface area contributed by atoms with E-state index < -0.39 is 0 Å². The molecule has 1 aromatic rings. The molecular formula is C15H23N3O2. The van der Waals surface area contributed by atoms with E-state index >= 15 is 0 Å². The molecule has 0 spiro atoms. The van der Waals surface area contributed by atoms with Crippen LogP contribution in [-0.4, -0.2) is 22.2 Å².